The lowest BCUT2D eigenvalue weighted by Gasteiger charge is -2.22. The summed E-state index contributed by atoms with van der Waals surface area (Å²) in [7, 11) is 1.82. The van der Waals surface area contributed by atoms with E-state index < -0.39 is 0 Å². The van der Waals surface area contributed by atoms with Crippen LogP contribution in [0.2, 0.25) is 0 Å². The SMILES string of the molecule is CC(C)COc1cccc(C(=O)N(C)CCC(N)C(C)C)c1. The van der Waals surface area contributed by atoms with Gasteiger partial charge < -0.3 is 15.4 Å². The third-order valence-corrected chi connectivity index (χ3v) is 3.67. The maximum absolute atomic E-state index is 12.4. The van der Waals surface area contributed by atoms with Gasteiger partial charge in [0.05, 0.1) is 6.61 Å². The molecule has 1 atom stereocenters. The number of rotatable bonds is 8. The molecule has 0 bridgehead atoms. The van der Waals surface area contributed by atoms with E-state index >= 15 is 0 Å². The maximum Gasteiger partial charge on any atom is 0.253 e. The molecular weight excluding hydrogens is 276 g/mol. The van der Waals surface area contributed by atoms with Gasteiger partial charge in [-0.1, -0.05) is 33.8 Å². The van der Waals surface area contributed by atoms with Crippen molar-refractivity contribution in [2.75, 3.05) is 20.2 Å². The summed E-state index contributed by atoms with van der Waals surface area (Å²) < 4.78 is 5.68. The fourth-order valence-electron chi connectivity index (χ4n) is 1.98. The molecule has 0 fully saturated rings. The van der Waals surface area contributed by atoms with E-state index in [4.69, 9.17) is 10.5 Å². The standard InChI is InChI=1S/C18H30N2O2/c1-13(2)12-22-16-8-6-7-15(11-16)18(21)20(5)10-9-17(19)14(3)4/h6-8,11,13-14,17H,9-10,12,19H2,1-5H3. The average molecular weight is 306 g/mol. The summed E-state index contributed by atoms with van der Waals surface area (Å²) in [5, 5.41) is 0. The van der Waals surface area contributed by atoms with Crippen LogP contribution >= 0.6 is 0 Å². The van der Waals surface area contributed by atoms with Crippen LogP contribution in [0.5, 0.6) is 5.75 Å². The van der Waals surface area contributed by atoms with Gasteiger partial charge in [0.15, 0.2) is 0 Å². The highest BCUT2D eigenvalue weighted by Crippen LogP contribution is 2.16. The number of carbonyl (C=O) groups excluding carboxylic acids is 1. The lowest BCUT2D eigenvalue weighted by Crippen LogP contribution is -2.34. The van der Waals surface area contributed by atoms with Gasteiger partial charge in [0.2, 0.25) is 0 Å². The minimum absolute atomic E-state index is 0.00551. The molecule has 1 rings (SSSR count). The van der Waals surface area contributed by atoms with Gasteiger partial charge in [-0.25, -0.2) is 0 Å². The minimum atomic E-state index is 0.00551. The number of nitrogens with two attached hydrogens (primary N) is 1. The quantitative estimate of drug-likeness (QED) is 0.802. The van der Waals surface area contributed by atoms with Crippen molar-refractivity contribution in [2.45, 2.75) is 40.2 Å². The Bertz CT molecular complexity index is 472. The molecule has 1 aromatic rings. The molecule has 0 spiro atoms. The summed E-state index contributed by atoms with van der Waals surface area (Å²) in [6.07, 6.45) is 0.809. The predicted molar refractivity (Wildman–Crippen MR) is 91.2 cm³/mol. The number of hydrogen-bond acceptors (Lipinski definition) is 3. The molecule has 0 radical (unpaired) electrons. The lowest BCUT2D eigenvalue weighted by molar-refractivity contribution is 0.0788. The summed E-state index contributed by atoms with van der Waals surface area (Å²) in [4.78, 5) is 14.2. The van der Waals surface area contributed by atoms with E-state index in [9.17, 15) is 4.79 Å². The van der Waals surface area contributed by atoms with Gasteiger partial charge in [-0.2, -0.15) is 0 Å². The van der Waals surface area contributed by atoms with Crippen LogP contribution in [-0.2, 0) is 0 Å². The zero-order chi connectivity index (χ0) is 16.7. The van der Waals surface area contributed by atoms with E-state index in [1.54, 1.807) is 4.90 Å². The van der Waals surface area contributed by atoms with Crippen LogP contribution in [0.1, 0.15) is 44.5 Å². The summed E-state index contributed by atoms with van der Waals surface area (Å²) in [6, 6.07) is 7.49. The monoisotopic (exact) mass is 306 g/mol. The first-order valence-corrected chi connectivity index (χ1v) is 8.05. The molecule has 0 saturated carbocycles. The predicted octanol–water partition coefficient (Wildman–Crippen LogP) is 3.17. The Kier molecular flexibility index (Phi) is 7.39. The molecule has 0 aliphatic heterocycles. The molecule has 22 heavy (non-hydrogen) atoms. The number of benzene rings is 1. The Morgan fingerprint density at radius 2 is 1.95 bits per heavy atom. The van der Waals surface area contributed by atoms with Crippen LogP contribution in [0.15, 0.2) is 24.3 Å². The average Bonchev–Trinajstić information content (AvgIpc) is 2.49. The fourth-order valence-corrected chi connectivity index (χ4v) is 1.98. The van der Waals surface area contributed by atoms with Crippen molar-refractivity contribution in [3.63, 3.8) is 0 Å². The van der Waals surface area contributed by atoms with E-state index in [1.807, 2.05) is 31.3 Å². The van der Waals surface area contributed by atoms with Crippen LogP contribution in [0.3, 0.4) is 0 Å². The molecule has 0 aliphatic rings. The topological polar surface area (TPSA) is 55.6 Å². The van der Waals surface area contributed by atoms with Crippen LogP contribution in [0.25, 0.3) is 0 Å². The first-order valence-electron chi connectivity index (χ1n) is 8.05. The molecule has 2 N–H and O–H groups in total. The molecule has 4 nitrogen and oxygen atoms in total. The third-order valence-electron chi connectivity index (χ3n) is 3.67. The van der Waals surface area contributed by atoms with Crippen molar-refractivity contribution in [3.05, 3.63) is 29.8 Å². The number of amides is 1. The minimum Gasteiger partial charge on any atom is -0.493 e. The van der Waals surface area contributed by atoms with Crippen LogP contribution < -0.4 is 10.5 Å². The molecule has 0 aliphatic carbocycles. The first kappa shape index (κ1) is 18.5. The molecular formula is C18H30N2O2. The van der Waals surface area contributed by atoms with Gasteiger partial charge in [-0.05, 0) is 36.5 Å². The third kappa shape index (κ3) is 6.06. The van der Waals surface area contributed by atoms with Crippen molar-refractivity contribution in [1.29, 1.82) is 0 Å². The van der Waals surface area contributed by atoms with E-state index in [1.165, 1.54) is 0 Å². The van der Waals surface area contributed by atoms with Crippen molar-refractivity contribution >= 4 is 5.91 Å². The van der Waals surface area contributed by atoms with E-state index in [-0.39, 0.29) is 11.9 Å². The highest BCUT2D eigenvalue weighted by molar-refractivity contribution is 5.94. The van der Waals surface area contributed by atoms with Gasteiger partial charge in [-0.15, -0.1) is 0 Å². The Hall–Kier alpha value is -1.55. The number of carbonyl (C=O) groups is 1. The second-order valence-electron chi connectivity index (χ2n) is 6.66. The van der Waals surface area contributed by atoms with E-state index in [2.05, 4.69) is 27.7 Å². The molecule has 1 amide bonds. The highest BCUT2D eigenvalue weighted by Gasteiger charge is 2.15. The smallest absolute Gasteiger partial charge is 0.253 e. The van der Waals surface area contributed by atoms with Crippen LogP contribution in [0, 0.1) is 11.8 Å². The van der Waals surface area contributed by atoms with Crippen molar-refractivity contribution in [1.82, 2.24) is 4.90 Å². The summed E-state index contributed by atoms with van der Waals surface area (Å²) in [6.45, 7) is 9.71. The van der Waals surface area contributed by atoms with Crippen molar-refractivity contribution < 1.29 is 9.53 Å². The second kappa shape index (κ2) is 8.79. The van der Waals surface area contributed by atoms with Crippen molar-refractivity contribution in [2.24, 2.45) is 17.6 Å². The molecule has 1 aromatic carbocycles. The first-order chi connectivity index (χ1) is 10.3. The van der Waals surface area contributed by atoms with Gasteiger partial charge in [0.1, 0.15) is 5.75 Å². The second-order valence-corrected chi connectivity index (χ2v) is 6.66. The van der Waals surface area contributed by atoms with Crippen LogP contribution in [0.4, 0.5) is 0 Å². The Labute approximate surface area is 134 Å². The largest absolute Gasteiger partial charge is 0.493 e. The molecule has 0 heterocycles. The Morgan fingerprint density at radius 3 is 2.55 bits per heavy atom. The molecule has 0 aromatic heterocycles. The zero-order valence-corrected chi connectivity index (χ0v) is 14.5. The number of hydrogen-bond donors (Lipinski definition) is 1. The molecule has 1 unspecified atom stereocenters. The Morgan fingerprint density at radius 1 is 1.27 bits per heavy atom. The molecule has 0 saturated heterocycles. The fraction of sp³-hybridized carbons (Fsp3) is 0.611. The van der Waals surface area contributed by atoms with Crippen molar-refractivity contribution in [3.8, 4) is 5.75 Å². The lowest BCUT2D eigenvalue weighted by atomic mass is 10.0. The van der Waals surface area contributed by atoms with Crippen LogP contribution in [-0.4, -0.2) is 37.0 Å². The summed E-state index contributed by atoms with van der Waals surface area (Å²) in [5.41, 5.74) is 6.69. The summed E-state index contributed by atoms with van der Waals surface area (Å²) >= 11 is 0. The van der Waals surface area contributed by atoms with E-state index in [0.29, 0.717) is 30.6 Å². The van der Waals surface area contributed by atoms with Gasteiger partial charge in [0, 0.05) is 25.2 Å². The van der Waals surface area contributed by atoms with Gasteiger partial charge >= 0.3 is 0 Å². The zero-order valence-electron chi connectivity index (χ0n) is 14.5. The highest BCUT2D eigenvalue weighted by atomic mass is 16.5. The number of nitrogens with zero attached hydrogens (tertiary/aromatic N) is 1. The summed E-state index contributed by atoms with van der Waals surface area (Å²) in [5.74, 6) is 1.63. The molecule has 4 heteroatoms. The Balaban J connectivity index is 2.62. The van der Waals surface area contributed by atoms with Gasteiger partial charge in [0.25, 0.3) is 5.91 Å². The normalized spacial score (nSPS) is 12.5. The maximum atomic E-state index is 12.4. The number of ether oxygens (including phenoxy) is 1. The molecule has 124 valence electrons. The van der Waals surface area contributed by atoms with E-state index in [0.717, 1.165) is 12.2 Å². The van der Waals surface area contributed by atoms with Gasteiger partial charge in [-0.3, -0.25) is 4.79 Å².